The first-order valence-electron chi connectivity index (χ1n) is 7.84. The molecule has 0 saturated carbocycles. The lowest BCUT2D eigenvalue weighted by Gasteiger charge is -2.05. The van der Waals surface area contributed by atoms with Gasteiger partial charge in [-0.2, -0.15) is 0 Å². The van der Waals surface area contributed by atoms with Crippen molar-refractivity contribution in [3.8, 4) is 5.75 Å². The molecule has 1 N–H and O–H groups in total. The Balaban J connectivity index is 1.80. The molecular weight excluding hydrogens is 296 g/mol. The third-order valence-corrected chi connectivity index (χ3v) is 3.87. The zero-order valence-electron chi connectivity index (χ0n) is 13.2. The van der Waals surface area contributed by atoms with Crippen LogP contribution in [0.4, 0.5) is 0 Å². The molecule has 0 atom stereocenters. The lowest BCUT2D eigenvalue weighted by atomic mass is 10.0. The Morgan fingerprint density at radius 1 is 0.750 bits per heavy atom. The van der Waals surface area contributed by atoms with E-state index in [0.717, 1.165) is 29.4 Å². The number of benzene rings is 3. The molecule has 0 amide bonds. The van der Waals surface area contributed by atoms with E-state index in [1.54, 1.807) is 18.2 Å². The van der Waals surface area contributed by atoms with Crippen LogP contribution < -0.4 is 0 Å². The molecule has 0 spiro atoms. The second-order valence-electron chi connectivity index (χ2n) is 5.67. The first-order valence-corrected chi connectivity index (χ1v) is 7.84. The fourth-order valence-electron chi connectivity index (χ4n) is 2.55. The van der Waals surface area contributed by atoms with Crippen LogP contribution in [0.3, 0.4) is 0 Å². The van der Waals surface area contributed by atoms with E-state index < -0.39 is 0 Å². The first-order chi connectivity index (χ1) is 11.7. The highest BCUT2D eigenvalue weighted by Crippen LogP contribution is 2.23. The van der Waals surface area contributed by atoms with Gasteiger partial charge in [0.2, 0.25) is 0 Å². The van der Waals surface area contributed by atoms with Crippen molar-refractivity contribution in [3.05, 3.63) is 101 Å². The van der Waals surface area contributed by atoms with Crippen molar-refractivity contribution in [2.75, 3.05) is 0 Å². The minimum absolute atomic E-state index is 0.257. The maximum absolute atomic E-state index is 10.7. The Bertz CT molecular complexity index is 847. The van der Waals surface area contributed by atoms with E-state index in [-0.39, 0.29) is 5.75 Å². The van der Waals surface area contributed by atoms with Crippen LogP contribution in [0.2, 0.25) is 0 Å². The van der Waals surface area contributed by atoms with Gasteiger partial charge in [-0.3, -0.25) is 4.79 Å². The molecule has 0 aliphatic carbocycles. The van der Waals surface area contributed by atoms with Crippen molar-refractivity contribution in [2.45, 2.75) is 6.42 Å². The maximum Gasteiger partial charge on any atom is 0.150 e. The van der Waals surface area contributed by atoms with Crippen LogP contribution in [0.25, 0.3) is 12.2 Å². The Kier molecular flexibility index (Phi) is 4.87. The summed E-state index contributed by atoms with van der Waals surface area (Å²) in [7, 11) is 0. The Morgan fingerprint density at radius 3 is 2.17 bits per heavy atom. The molecule has 0 saturated heterocycles. The molecule has 118 valence electrons. The normalized spacial score (nSPS) is 10.8. The molecule has 0 heterocycles. The van der Waals surface area contributed by atoms with Crippen molar-refractivity contribution in [1.29, 1.82) is 0 Å². The van der Waals surface area contributed by atoms with Gasteiger partial charge in [0.1, 0.15) is 12.0 Å². The van der Waals surface area contributed by atoms with Gasteiger partial charge in [0.05, 0.1) is 0 Å². The van der Waals surface area contributed by atoms with E-state index in [1.807, 2.05) is 54.6 Å². The predicted molar refractivity (Wildman–Crippen MR) is 98.1 cm³/mol. The summed E-state index contributed by atoms with van der Waals surface area (Å²) in [5.41, 5.74) is 4.80. The van der Waals surface area contributed by atoms with Gasteiger partial charge in [-0.1, -0.05) is 72.8 Å². The van der Waals surface area contributed by atoms with Crippen LogP contribution in [0.1, 0.15) is 32.6 Å². The van der Waals surface area contributed by atoms with Gasteiger partial charge in [0.15, 0.2) is 0 Å². The smallest absolute Gasteiger partial charge is 0.150 e. The summed E-state index contributed by atoms with van der Waals surface area (Å²) in [6.07, 6.45) is 5.47. The van der Waals surface area contributed by atoms with Crippen LogP contribution in [0.15, 0.2) is 72.8 Å². The van der Waals surface area contributed by atoms with E-state index in [2.05, 4.69) is 12.1 Å². The van der Waals surface area contributed by atoms with Gasteiger partial charge in [-0.05, 0) is 35.2 Å². The van der Waals surface area contributed by atoms with E-state index in [9.17, 15) is 9.90 Å². The van der Waals surface area contributed by atoms with Crippen molar-refractivity contribution in [1.82, 2.24) is 0 Å². The lowest BCUT2D eigenvalue weighted by molar-refractivity contribution is 0.112. The van der Waals surface area contributed by atoms with Gasteiger partial charge >= 0.3 is 0 Å². The summed E-state index contributed by atoms with van der Waals surface area (Å²) in [5, 5.41) is 10.1. The quantitative estimate of drug-likeness (QED) is 0.533. The van der Waals surface area contributed by atoms with Crippen LogP contribution in [-0.2, 0) is 6.42 Å². The summed E-state index contributed by atoms with van der Waals surface area (Å²) < 4.78 is 0. The number of hydrogen-bond acceptors (Lipinski definition) is 2. The van der Waals surface area contributed by atoms with Gasteiger partial charge in [0, 0.05) is 11.1 Å². The molecule has 0 fully saturated rings. The number of aromatic hydroxyl groups is 1. The highest BCUT2D eigenvalue weighted by molar-refractivity contribution is 5.77. The van der Waals surface area contributed by atoms with Crippen LogP contribution in [0, 0.1) is 0 Å². The van der Waals surface area contributed by atoms with Gasteiger partial charge in [0.25, 0.3) is 0 Å². The molecule has 0 radical (unpaired) electrons. The maximum atomic E-state index is 10.7. The fourth-order valence-corrected chi connectivity index (χ4v) is 2.55. The lowest BCUT2D eigenvalue weighted by Crippen LogP contribution is -1.88. The topological polar surface area (TPSA) is 37.3 Å². The highest BCUT2D eigenvalue weighted by Gasteiger charge is 2.01. The fraction of sp³-hybridized carbons (Fsp3) is 0.0455. The average Bonchev–Trinajstić information content (AvgIpc) is 2.63. The van der Waals surface area contributed by atoms with E-state index in [4.69, 9.17) is 0 Å². The molecule has 2 nitrogen and oxygen atoms in total. The number of phenols is 1. The van der Waals surface area contributed by atoms with Crippen LogP contribution >= 0.6 is 0 Å². The van der Waals surface area contributed by atoms with E-state index >= 15 is 0 Å². The van der Waals surface area contributed by atoms with Gasteiger partial charge in [-0.25, -0.2) is 0 Å². The summed E-state index contributed by atoms with van der Waals surface area (Å²) in [6, 6.07) is 23.2. The number of aldehydes is 1. The van der Waals surface area contributed by atoms with Crippen LogP contribution in [-0.4, -0.2) is 11.4 Å². The average molecular weight is 314 g/mol. The summed E-state index contributed by atoms with van der Waals surface area (Å²) in [5.74, 6) is 0.257. The monoisotopic (exact) mass is 314 g/mol. The SMILES string of the molecule is O=Cc1ccc(/C=C/c2cc(Cc3ccccc3)ccc2O)cc1. The zero-order chi connectivity index (χ0) is 16.8. The first kappa shape index (κ1) is 15.8. The van der Waals surface area contributed by atoms with Crippen LogP contribution in [0.5, 0.6) is 5.75 Å². The molecule has 0 aliphatic rings. The predicted octanol–water partition coefficient (Wildman–Crippen LogP) is 4.97. The molecule has 0 aromatic heterocycles. The second kappa shape index (κ2) is 7.42. The largest absolute Gasteiger partial charge is 0.507 e. The molecule has 3 aromatic carbocycles. The third kappa shape index (κ3) is 3.99. The number of phenolic OH excluding ortho intramolecular Hbond substituents is 1. The Labute approximate surface area is 141 Å². The van der Waals surface area contributed by atoms with Crippen molar-refractivity contribution in [3.63, 3.8) is 0 Å². The van der Waals surface area contributed by atoms with Crippen molar-refractivity contribution < 1.29 is 9.90 Å². The Hall–Kier alpha value is -3.13. The minimum Gasteiger partial charge on any atom is -0.507 e. The van der Waals surface area contributed by atoms with Crippen molar-refractivity contribution in [2.24, 2.45) is 0 Å². The number of carbonyl (C=O) groups excluding carboxylic acids is 1. The minimum atomic E-state index is 0.257. The van der Waals surface area contributed by atoms with Gasteiger partial charge in [-0.15, -0.1) is 0 Å². The third-order valence-electron chi connectivity index (χ3n) is 3.87. The van der Waals surface area contributed by atoms with Gasteiger partial charge < -0.3 is 5.11 Å². The van der Waals surface area contributed by atoms with E-state index in [1.165, 1.54) is 5.56 Å². The zero-order valence-corrected chi connectivity index (χ0v) is 13.2. The number of hydrogen-bond donors (Lipinski definition) is 1. The molecule has 2 heteroatoms. The molecular formula is C22H18O2. The van der Waals surface area contributed by atoms with Crippen molar-refractivity contribution >= 4 is 18.4 Å². The molecule has 0 unspecified atom stereocenters. The summed E-state index contributed by atoms with van der Waals surface area (Å²) in [6.45, 7) is 0. The molecule has 3 aromatic rings. The standard InChI is InChI=1S/C22H18O2/c23-16-19-8-6-17(7-9-19)10-12-21-15-20(11-13-22(21)24)14-18-4-2-1-3-5-18/h1-13,15-16,24H,14H2/b12-10+. The van der Waals surface area contributed by atoms with E-state index in [0.29, 0.717) is 5.56 Å². The Morgan fingerprint density at radius 2 is 1.46 bits per heavy atom. The molecule has 0 aliphatic heterocycles. The highest BCUT2D eigenvalue weighted by atomic mass is 16.3. The molecule has 0 bridgehead atoms. The number of carbonyl (C=O) groups is 1. The summed E-state index contributed by atoms with van der Waals surface area (Å²) >= 11 is 0. The number of rotatable bonds is 5. The molecule has 3 rings (SSSR count). The summed E-state index contributed by atoms with van der Waals surface area (Å²) in [4.78, 5) is 10.7. The second-order valence-corrected chi connectivity index (χ2v) is 5.67. The molecule has 24 heavy (non-hydrogen) atoms.